The van der Waals surface area contributed by atoms with Crippen LogP contribution in [0.25, 0.3) is 0 Å². The van der Waals surface area contributed by atoms with Crippen molar-refractivity contribution in [3.05, 3.63) is 12.2 Å². The molecule has 0 spiro atoms. The van der Waals surface area contributed by atoms with E-state index in [1.165, 1.54) is 0 Å². The largest absolute Gasteiger partial charge is 0.279 e. The zero-order valence-corrected chi connectivity index (χ0v) is 11.4. The number of rotatable bonds is 1. The lowest BCUT2D eigenvalue weighted by Crippen LogP contribution is -2.48. The third-order valence-corrected chi connectivity index (χ3v) is 3.15. The average molecular weight is 293 g/mol. The molecule has 0 saturated carbocycles. The van der Waals surface area contributed by atoms with Crippen LogP contribution in [-0.4, -0.2) is 21.0 Å². The van der Waals surface area contributed by atoms with Gasteiger partial charge in [0.2, 0.25) is 0 Å². The molecule has 1 heterocycles. The van der Waals surface area contributed by atoms with Gasteiger partial charge in [0.05, 0.1) is 3.55 Å². The maximum Gasteiger partial charge on any atom is 0.0681 e. The fraction of sp³-hybridized carbons (Fsp3) is 0.818. The zero-order chi connectivity index (χ0) is 10.3. The standard InChI is InChI=1S/C11H20IN/c1-10(2,3)9-7-6-8-13(9)11(4,5)12/h6-7,9H,8H2,1-5H3. The van der Waals surface area contributed by atoms with Gasteiger partial charge in [0, 0.05) is 12.6 Å². The molecule has 0 aromatic rings. The number of alkyl halides is 1. The summed E-state index contributed by atoms with van der Waals surface area (Å²) in [5.74, 6) is 0. The Morgan fingerprint density at radius 3 is 2.08 bits per heavy atom. The lowest BCUT2D eigenvalue weighted by atomic mass is 9.86. The average Bonchev–Trinajstić information content (AvgIpc) is 2.27. The van der Waals surface area contributed by atoms with Gasteiger partial charge in [0.15, 0.2) is 0 Å². The molecule has 0 radical (unpaired) electrons. The van der Waals surface area contributed by atoms with Crippen LogP contribution >= 0.6 is 22.6 Å². The van der Waals surface area contributed by atoms with Crippen molar-refractivity contribution in [3.8, 4) is 0 Å². The summed E-state index contributed by atoms with van der Waals surface area (Å²) in [6.07, 6.45) is 4.64. The van der Waals surface area contributed by atoms with Gasteiger partial charge < -0.3 is 0 Å². The highest BCUT2D eigenvalue weighted by Crippen LogP contribution is 2.36. The van der Waals surface area contributed by atoms with E-state index in [1.807, 2.05) is 0 Å². The Kier molecular flexibility index (Phi) is 3.13. The van der Waals surface area contributed by atoms with Gasteiger partial charge in [-0.1, -0.05) is 55.5 Å². The lowest BCUT2D eigenvalue weighted by Gasteiger charge is -2.41. The van der Waals surface area contributed by atoms with Crippen molar-refractivity contribution in [3.63, 3.8) is 0 Å². The lowest BCUT2D eigenvalue weighted by molar-refractivity contribution is 0.122. The van der Waals surface area contributed by atoms with Crippen LogP contribution in [0, 0.1) is 5.41 Å². The first-order valence-corrected chi connectivity index (χ1v) is 5.93. The van der Waals surface area contributed by atoms with Crippen molar-refractivity contribution in [2.45, 2.75) is 44.2 Å². The first-order valence-electron chi connectivity index (χ1n) is 4.85. The molecule has 2 heteroatoms. The van der Waals surface area contributed by atoms with Crippen molar-refractivity contribution < 1.29 is 0 Å². The molecule has 0 fully saturated rings. The van der Waals surface area contributed by atoms with E-state index in [2.05, 4.69) is 74.3 Å². The van der Waals surface area contributed by atoms with Gasteiger partial charge >= 0.3 is 0 Å². The van der Waals surface area contributed by atoms with Gasteiger partial charge in [-0.25, -0.2) is 0 Å². The first-order chi connectivity index (χ1) is 5.73. The van der Waals surface area contributed by atoms with E-state index in [0.717, 1.165) is 6.54 Å². The highest BCUT2D eigenvalue weighted by molar-refractivity contribution is 14.1. The molecule has 1 rings (SSSR count). The Labute approximate surface area is 95.7 Å². The van der Waals surface area contributed by atoms with Gasteiger partial charge in [-0.05, 0) is 19.3 Å². The zero-order valence-electron chi connectivity index (χ0n) is 9.26. The minimum Gasteiger partial charge on any atom is -0.279 e. The predicted molar refractivity (Wildman–Crippen MR) is 67.2 cm³/mol. The highest BCUT2D eigenvalue weighted by Gasteiger charge is 2.37. The SMILES string of the molecule is CC(C)(C)C1C=CCN1C(C)(C)I. The molecule has 0 aromatic heterocycles. The monoisotopic (exact) mass is 293 g/mol. The van der Waals surface area contributed by atoms with Gasteiger partial charge in [0.1, 0.15) is 0 Å². The third-order valence-electron chi connectivity index (χ3n) is 2.53. The van der Waals surface area contributed by atoms with E-state index in [1.54, 1.807) is 0 Å². The van der Waals surface area contributed by atoms with Crippen LogP contribution in [0.4, 0.5) is 0 Å². The Balaban J connectivity index is 2.81. The molecule has 76 valence electrons. The molecule has 1 aliphatic rings. The minimum atomic E-state index is 0.249. The Bertz CT molecular complexity index is 207. The number of nitrogens with zero attached hydrogens (tertiary/aromatic N) is 1. The van der Waals surface area contributed by atoms with Crippen LogP contribution in [0.2, 0.25) is 0 Å². The molecule has 1 unspecified atom stereocenters. The Morgan fingerprint density at radius 1 is 1.23 bits per heavy atom. The minimum absolute atomic E-state index is 0.249. The van der Waals surface area contributed by atoms with E-state index in [-0.39, 0.29) is 3.55 Å². The van der Waals surface area contributed by atoms with Crippen LogP contribution in [0.1, 0.15) is 34.6 Å². The molecule has 0 bridgehead atoms. The topological polar surface area (TPSA) is 3.24 Å². The van der Waals surface area contributed by atoms with E-state index >= 15 is 0 Å². The third kappa shape index (κ3) is 2.69. The maximum absolute atomic E-state index is 2.55. The normalized spacial score (nSPS) is 25.5. The molecule has 0 aliphatic carbocycles. The highest BCUT2D eigenvalue weighted by atomic mass is 127. The summed E-state index contributed by atoms with van der Waals surface area (Å²) in [5, 5.41) is 0. The van der Waals surface area contributed by atoms with Crippen molar-refractivity contribution >= 4 is 22.6 Å². The first kappa shape index (κ1) is 11.5. The van der Waals surface area contributed by atoms with Crippen LogP contribution in [0.3, 0.4) is 0 Å². The molecule has 13 heavy (non-hydrogen) atoms. The van der Waals surface area contributed by atoms with Gasteiger partial charge in [-0.3, -0.25) is 4.90 Å². The summed E-state index contributed by atoms with van der Waals surface area (Å²) in [7, 11) is 0. The molecule has 1 nitrogen and oxygen atoms in total. The molecular weight excluding hydrogens is 273 g/mol. The van der Waals surface area contributed by atoms with Crippen LogP contribution in [0.15, 0.2) is 12.2 Å². The second-order valence-corrected chi connectivity index (χ2v) is 7.94. The van der Waals surface area contributed by atoms with Crippen molar-refractivity contribution in [1.82, 2.24) is 4.90 Å². The predicted octanol–water partition coefficient (Wildman–Crippen LogP) is 3.44. The number of halogens is 1. The van der Waals surface area contributed by atoms with Crippen molar-refractivity contribution in [1.29, 1.82) is 0 Å². The van der Waals surface area contributed by atoms with Crippen LogP contribution in [-0.2, 0) is 0 Å². The quantitative estimate of drug-likeness (QED) is 0.310. The molecule has 1 aliphatic heterocycles. The smallest absolute Gasteiger partial charge is 0.0681 e. The second kappa shape index (κ2) is 3.54. The van der Waals surface area contributed by atoms with Crippen LogP contribution in [0.5, 0.6) is 0 Å². The molecule has 0 saturated heterocycles. The molecule has 0 amide bonds. The second-order valence-electron chi connectivity index (χ2n) is 5.30. The van der Waals surface area contributed by atoms with Gasteiger partial charge in [-0.15, -0.1) is 0 Å². The summed E-state index contributed by atoms with van der Waals surface area (Å²) >= 11 is 2.52. The Morgan fingerprint density at radius 2 is 1.77 bits per heavy atom. The number of hydrogen-bond acceptors (Lipinski definition) is 1. The summed E-state index contributed by atoms with van der Waals surface area (Å²) in [6.45, 7) is 12.6. The maximum atomic E-state index is 2.55. The van der Waals surface area contributed by atoms with Crippen LogP contribution < -0.4 is 0 Å². The van der Waals surface area contributed by atoms with E-state index in [4.69, 9.17) is 0 Å². The molecule has 0 aromatic carbocycles. The summed E-state index contributed by atoms with van der Waals surface area (Å²) in [4.78, 5) is 2.55. The number of hydrogen-bond donors (Lipinski definition) is 0. The van der Waals surface area contributed by atoms with E-state index < -0.39 is 0 Å². The Hall–Kier alpha value is 0.430. The summed E-state index contributed by atoms with van der Waals surface area (Å²) < 4.78 is 0.249. The molecule has 1 atom stereocenters. The van der Waals surface area contributed by atoms with E-state index in [9.17, 15) is 0 Å². The van der Waals surface area contributed by atoms with Crippen molar-refractivity contribution in [2.75, 3.05) is 6.54 Å². The fourth-order valence-corrected chi connectivity index (χ4v) is 2.32. The van der Waals surface area contributed by atoms with Gasteiger partial charge in [-0.2, -0.15) is 0 Å². The fourth-order valence-electron chi connectivity index (χ4n) is 1.82. The van der Waals surface area contributed by atoms with Gasteiger partial charge in [0.25, 0.3) is 0 Å². The molecular formula is C11H20IN. The molecule has 0 N–H and O–H groups in total. The van der Waals surface area contributed by atoms with E-state index in [0.29, 0.717) is 11.5 Å². The summed E-state index contributed by atoms with van der Waals surface area (Å²) in [6, 6.07) is 0.583. The summed E-state index contributed by atoms with van der Waals surface area (Å²) in [5.41, 5.74) is 0.343. The van der Waals surface area contributed by atoms with Crippen molar-refractivity contribution in [2.24, 2.45) is 5.41 Å².